The summed E-state index contributed by atoms with van der Waals surface area (Å²) in [6.07, 6.45) is 11.2. The zero-order valence-corrected chi connectivity index (χ0v) is 17.4. The fourth-order valence-electron chi connectivity index (χ4n) is 4.50. The third kappa shape index (κ3) is 3.34. The standard InChI is InChI=1S/C18H19FN6O.C4H8/c1-22-18(19)15(7-21-22)12-6-17-16(4-5-20-25(17)8-12)23-9-13-2-3-14(10-23)24(13)11-26;1-4-2-3-4/h4-8,11,13-14H,2-3,9-10H2,1H3;4H,2-3H2,1H3. The largest absolute Gasteiger partial charge is 0.366 e. The Kier molecular flexibility index (Phi) is 4.72. The van der Waals surface area contributed by atoms with Gasteiger partial charge in [0.15, 0.2) is 0 Å². The van der Waals surface area contributed by atoms with E-state index in [2.05, 4.69) is 22.0 Å². The fraction of sp³-hybridized carbons (Fsp3) is 0.500. The van der Waals surface area contributed by atoms with Crippen LogP contribution in [0.4, 0.5) is 10.1 Å². The number of amides is 1. The first-order chi connectivity index (χ1) is 14.5. The van der Waals surface area contributed by atoms with Gasteiger partial charge >= 0.3 is 0 Å². The normalized spacial score (nSPS) is 22.9. The lowest BCUT2D eigenvalue weighted by atomic mass is 10.1. The van der Waals surface area contributed by atoms with E-state index < -0.39 is 0 Å². The molecule has 1 saturated carbocycles. The lowest BCUT2D eigenvalue weighted by Gasteiger charge is -2.40. The molecule has 6 rings (SSSR count). The quantitative estimate of drug-likeness (QED) is 0.623. The second-order valence-electron chi connectivity index (χ2n) is 8.77. The van der Waals surface area contributed by atoms with Crippen molar-refractivity contribution in [1.29, 1.82) is 0 Å². The predicted octanol–water partition coefficient (Wildman–Crippen LogP) is 3.10. The van der Waals surface area contributed by atoms with Crippen LogP contribution in [-0.4, -0.2) is 55.9 Å². The number of halogens is 1. The number of anilines is 1. The van der Waals surface area contributed by atoms with E-state index >= 15 is 0 Å². The first-order valence-electron chi connectivity index (χ1n) is 10.7. The van der Waals surface area contributed by atoms with Crippen molar-refractivity contribution in [3.05, 3.63) is 36.7 Å². The minimum absolute atomic E-state index is 0.268. The average molecular weight is 410 g/mol. The van der Waals surface area contributed by atoms with Gasteiger partial charge in [-0.3, -0.25) is 4.79 Å². The highest BCUT2D eigenvalue weighted by atomic mass is 19.1. The van der Waals surface area contributed by atoms with Crippen molar-refractivity contribution in [1.82, 2.24) is 24.3 Å². The molecule has 2 unspecified atom stereocenters. The van der Waals surface area contributed by atoms with E-state index in [0.29, 0.717) is 5.56 Å². The molecule has 1 amide bonds. The first kappa shape index (κ1) is 19.1. The molecule has 0 N–H and O–H groups in total. The number of carbonyl (C=O) groups excluding carboxylic acids is 1. The molecule has 0 aromatic carbocycles. The van der Waals surface area contributed by atoms with Crippen molar-refractivity contribution >= 4 is 17.6 Å². The molecule has 2 bridgehead atoms. The van der Waals surface area contributed by atoms with Gasteiger partial charge in [-0.25, -0.2) is 9.20 Å². The maximum Gasteiger partial charge on any atom is 0.219 e. The van der Waals surface area contributed by atoms with E-state index in [4.69, 9.17) is 0 Å². The zero-order chi connectivity index (χ0) is 20.8. The molecule has 7 nitrogen and oxygen atoms in total. The summed E-state index contributed by atoms with van der Waals surface area (Å²) in [6.45, 7) is 3.91. The zero-order valence-electron chi connectivity index (χ0n) is 17.4. The summed E-state index contributed by atoms with van der Waals surface area (Å²) in [5.41, 5.74) is 3.22. The Labute approximate surface area is 175 Å². The van der Waals surface area contributed by atoms with Gasteiger partial charge in [0.1, 0.15) is 0 Å². The summed E-state index contributed by atoms with van der Waals surface area (Å²) in [5, 5.41) is 8.36. The van der Waals surface area contributed by atoms with Crippen LogP contribution in [0.1, 0.15) is 32.6 Å². The Hall–Kier alpha value is -2.90. The van der Waals surface area contributed by atoms with E-state index in [1.807, 2.05) is 23.2 Å². The highest BCUT2D eigenvalue weighted by Gasteiger charge is 2.39. The lowest BCUT2D eigenvalue weighted by molar-refractivity contribution is -0.121. The van der Waals surface area contributed by atoms with Crippen LogP contribution in [-0.2, 0) is 11.8 Å². The maximum atomic E-state index is 14.2. The Morgan fingerprint density at radius 1 is 1.13 bits per heavy atom. The molecule has 0 spiro atoms. The second-order valence-corrected chi connectivity index (χ2v) is 8.77. The van der Waals surface area contributed by atoms with Crippen molar-refractivity contribution in [2.75, 3.05) is 18.0 Å². The van der Waals surface area contributed by atoms with Crippen molar-refractivity contribution in [2.24, 2.45) is 13.0 Å². The third-order valence-electron chi connectivity index (χ3n) is 6.53. The van der Waals surface area contributed by atoms with E-state index in [-0.39, 0.29) is 18.0 Å². The van der Waals surface area contributed by atoms with Crippen molar-refractivity contribution in [3.63, 3.8) is 0 Å². The van der Waals surface area contributed by atoms with Gasteiger partial charge in [-0.05, 0) is 30.9 Å². The molecule has 8 heteroatoms. The summed E-state index contributed by atoms with van der Waals surface area (Å²) in [4.78, 5) is 15.6. The maximum absolute atomic E-state index is 14.2. The number of hydrogen-bond acceptors (Lipinski definition) is 4. The van der Waals surface area contributed by atoms with E-state index in [0.717, 1.165) is 55.0 Å². The minimum atomic E-state index is -0.361. The van der Waals surface area contributed by atoms with E-state index in [9.17, 15) is 9.18 Å². The van der Waals surface area contributed by atoms with Gasteiger partial charge in [0.25, 0.3) is 0 Å². The van der Waals surface area contributed by atoms with Crippen molar-refractivity contribution in [3.8, 4) is 11.1 Å². The lowest BCUT2D eigenvalue weighted by Crippen LogP contribution is -2.53. The van der Waals surface area contributed by atoms with Crippen LogP contribution in [0.3, 0.4) is 0 Å². The summed E-state index contributed by atoms with van der Waals surface area (Å²) >= 11 is 0. The molecule has 3 aliphatic rings. The molecule has 2 saturated heterocycles. The minimum Gasteiger partial charge on any atom is -0.366 e. The van der Waals surface area contributed by atoms with Gasteiger partial charge in [-0.1, -0.05) is 19.8 Å². The molecular weight excluding hydrogens is 383 g/mol. The Morgan fingerprint density at radius 2 is 1.83 bits per heavy atom. The highest BCUT2D eigenvalue weighted by Crippen LogP contribution is 2.35. The van der Waals surface area contributed by atoms with E-state index in [1.54, 1.807) is 17.8 Å². The Bertz CT molecular complexity index is 1060. The molecule has 158 valence electrons. The van der Waals surface area contributed by atoms with Crippen LogP contribution in [0.25, 0.3) is 16.6 Å². The third-order valence-corrected chi connectivity index (χ3v) is 6.53. The van der Waals surface area contributed by atoms with Gasteiger partial charge < -0.3 is 9.80 Å². The van der Waals surface area contributed by atoms with Crippen LogP contribution < -0.4 is 4.90 Å². The van der Waals surface area contributed by atoms with Crippen molar-refractivity contribution in [2.45, 2.75) is 44.7 Å². The van der Waals surface area contributed by atoms with Crippen molar-refractivity contribution < 1.29 is 9.18 Å². The van der Waals surface area contributed by atoms with Crippen LogP contribution >= 0.6 is 0 Å². The van der Waals surface area contributed by atoms with Gasteiger partial charge in [-0.15, -0.1) is 0 Å². The predicted molar refractivity (Wildman–Crippen MR) is 113 cm³/mol. The fourth-order valence-corrected chi connectivity index (χ4v) is 4.50. The molecule has 30 heavy (non-hydrogen) atoms. The summed E-state index contributed by atoms with van der Waals surface area (Å²) < 4.78 is 17.3. The number of carbonyl (C=O) groups is 1. The monoisotopic (exact) mass is 410 g/mol. The molecule has 2 atom stereocenters. The van der Waals surface area contributed by atoms with Gasteiger partial charge in [0.05, 0.1) is 23.0 Å². The van der Waals surface area contributed by atoms with Gasteiger partial charge in [0, 0.05) is 50.2 Å². The number of rotatable bonds is 3. The van der Waals surface area contributed by atoms with Crippen LogP contribution in [0.15, 0.2) is 30.7 Å². The number of fused-ring (bicyclic) bond motifs is 3. The molecule has 5 heterocycles. The molecule has 3 aromatic rings. The molecule has 1 aliphatic carbocycles. The first-order valence-corrected chi connectivity index (χ1v) is 10.7. The second kappa shape index (κ2) is 7.41. The Morgan fingerprint density at radius 3 is 2.40 bits per heavy atom. The number of hydrogen-bond donors (Lipinski definition) is 0. The SMILES string of the molecule is CC1CC1.Cn1ncc(-c2cc3c(N4CC5CCC(C4)N5C=O)ccnn3c2)c1F. The van der Waals surface area contributed by atoms with E-state index in [1.165, 1.54) is 23.7 Å². The molecule has 3 fully saturated rings. The topological polar surface area (TPSA) is 58.7 Å². The Balaban J connectivity index is 0.000000434. The van der Waals surface area contributed by atoms with Gasteiger partial charge in [-0.2, -0.15) is 14.6 Å². The molecular formula is C22H27FN6O. The molecule has 3 aromatic heterocycles. The molecule has 0 radical (unpaired) electrons. The molecule has 2 aliphatic heterocycles. The summed E-state index contributed by atoms with van der Waals surface area (Å²) in [5.74, 6) is 0.722. The average Bonchev–Trinajstić information content (AvgIpc) is 3.19. The van der Waals surface area contributed by atoms with Crippen LogP contribution in [0, 0.1) is 11.9 Å². The smallest absolute Gasteiger partial charge is 0.219 e. The summed E-state index contributed by atoms with van der Waals surface area (Å²) in [6, 6.07) is 4.49. The van der Waals surface area contributed by atoms with Crippen LogP contribution in [0.5, 0.6) is 0 Å². The number of piperazine rings is 1. The number of aromatic nitrogens is 4. The van der Waals surface area contributed by atoms with Crippen LogP contribution in [0.2, 0.25) is 0 Å². The summed E-state index contributed by atoms with van der Waals surface area (Å²) in [7, 11) is 1.58. The van der Waals surface area contributed by atoms with Gasteiger partial charge in [0.2, 0.25) is 12.4 Å². The highest BCUT2D eigenvalue weighted by molar-refractivity contribution is 5.80. The number of nitrogens with zero attached hydrogens (tertiary/aromatic N) is 6. The number of aryl methyl sites for hydroxylation is 1.